The van der Waals surface area contributed by atoms with Crippen molar-refractivity contribution in [3.05, 3.63) is 0 Å². The Morgan fingerprint density at radius 2 is 0.645 bits per heavy atom. The van der Waals surface area contributed by atoms with Crippen LogP contribution in [0.3, 0.4) is 0 Å². The zero-order valence-corrected chi connectivity index (χ0v) is 60.1. The molecular weight excluding hydrogens is 1530 g/mol. The molecule has 0 aliphatic carbocycles. The van der Waals surface area contributed by atoms with Crippen molar-refractivity contribution in [2.24, 2.45) is 0 Å². The van der Waals surface area contributed by atoms with E-state index in [4.69, 9.17) is 105 Å². The molecule has 27 N–H and O–H groups in total. The normalized spacial score (nSPS) is 14.6. The van der Waals surface area contributed by atoms with Gasteiger partial charge in [0.25, 0.3) is 0 Å². The SMILES string of the molecule is CC(N(CCOO)CCOO)(P(=O)(O)O)P(=O)(O)O.CCCC(COO)(CC(=O)O)P(=O)(O)O.O=C(O)CCC(COO)(CC(=O)O)P(=O)(O)O.O=P(O)(O)CN(CCN(CP)CP)CCN(CP(=O)(O)O)CP(=O)(O)O.O=P(O)(O)CN(CP(=O)(O)O)CP(=O)(O)O. The summed E-state index contributed by atoms with van der Waals surface area (Å²) in [4.78, 5) is 231. The predicted molar refractivity (Wildman–Crippen MR) is 322 cm³/mol. The molecule has 4 atom stereocenters. The Hall–Kier alpha value is 0.250. The van der Waals surface area contributed by atoms with E-state index >= 15 is 0 Å². The molecule has 0 aliphatic heterocycles. The monoisotopic (exact) mass is 1620 g/mol. The second kappa shape index (κ2) is 45.3. The van der Waals surface area contributed by atoms with E-state index < -0.39 is 212 Å². The molecule has 0 amide bonds. The van der Waals surface area contributed by atoms with E-state index in [-0.39, 0.29) is 26.1 Å². The van der Waals surface area contributed by atoms with E-state index in [2.05, 4.69) is 38.0 Å². The molecule has 49 nitrogen and oxygen atoms in total. The van der Waals surface area contributed by atoms with Crippen molar-refractivity contribution < 1.29 is 214 Å². The van der Waals surface area contributed by atoms with Gasteiger partial charge in [-0.3, -0.25) is 106 Å². The molecule has 0 aromatic carbocycles. The fourth-order valence-corrected chi connectivity index (χ4v) is 17.7. The molecule has 562 valence electrons. The van der Waals surface area contributed by atoms with Gasteiger partial charge >= 0.3 is 93.9 Å². The fourth-order valence-electron chi connectivity index (χ4n) is 7.03. The zero-order valence-electron chi connectivity index (χ0n) is 48.8. The van der Waals surface area contributed by atoms with Crippen LogP contribution in [0, 0.1) is 0 Å². The van der Waals surface area contributed by atoms with Gasteiger partial charge in [-0.25, -0.2) is 19.6 Å². The summed E-state index contributed by atoms with van der Waals surface area (Å²) in [7, 11) is -42.5. The Labute approximate surface area is 532 Å². The highest BCUT2D eigenvalue weighted by molar-refractivity contribution is 7.72. The minimum absolute atomic E-state index is 0.0212. The minimum Gasteiger partial charge on any atom is -0.481 e. The number of nitrogens with zero attached hydrogens (tertiary/aromatic N) is 5. The maximum Gasteiger partial charge on any atom is 0.357 e. The third-order valence-corrected chi connectivity index (χ3v) is 24.7. The summed E-state index contributed by atoms with van der Waals surface area (Å²) in [5.41, 5.74) is 0. The van der Waals surface area contributed by atoms with E-state index in [1.54, 1.807) is 6.92 Å². The van der Waals surface area contributed by atoms with Crippen molar-refractivity contribution in [1.82, 2.24) is 24.5 Å². The second-order valence-electron chi connectivity index (χ2n) is 19.4. The van der Waals surface area contributed by atoms with Gasteiger partial charge in [0, 0.05) is 58.3 Å². The predicted octanol–water partition coefficient (Wildman–Crippen LogP) is -2.65. The number of carboxylic acid groups (broad SMARTS) is 3. The van der Waals surface area contributed by atoms with Crippen LogP contribution in [-0.4, -0.2) is 308 Å². The summed E-state index contributed by atoms with van der Waals surface area (Å²) >= 11 is 0. The van der Waals surface area contributed by atoms with Crippen molar-refractivity contribution in [3.63, 3.8) is 0 Å². The molecule has 93 heavy (non-hydrogen) atoms. The summed E-state index contributed by atoms with van der Waals surface area (Å²) in [6.07, 6.45) is -7.07. The number of rotatable bonds is 44. The average molecular weight is 1620 g/mol. The number of hydrogen-bond acceptors (Lipinski definition) is 26. The van der Waals surface area contributed by atoms with Crippen molar-refractivity contribution in [2.75, 3.05) is 116 Å². The first-order chi connectivity index (χ1) is 41.4. The highest BCUT2D eigenvalue weighted by atomic mass is 31.2. The van der Waals surface area contributed by atoms with E-state index in [9.17, 15) is 89.4 Å². The van der Waals surface area contributed by atoms with Crippen molar-refractivity contribution >= 4 is 112 Å². The summed E-state index contributed by atoms with van der Waals surface area (Å²) < 4.78 is 111. The maximum atomic E-state index is 11.4. The Kier molecular flexibility index (Phi) is 49.6. The molecule has 0 saturated heterocycles. The smallest absolute Gasteiger partial charge is 0.357 e. The molecule has 4 unspecified atom stereocenters. The summed E-state index contributed by atoms with van der Waals surface area (Å²) in [5, 5.41) is 51.7. The second-order valence-corrected chi connectivity index (χ2v) is 38.1. The van der Waals surface area contributed by atoms with Gasteiger partial charge in [0.1, 0.15) is 48.0 Å². The lowest BCUT2D eigenvalue weighted by Gasteiger charge is -2.40. The van der Waals surface area contributed by atoms with Gasteiger partial charge in [0.05, 0.1) is 39.3 Å². The Balaban J connectivity index is -0.000000352. The molecule has 0 fully saturated rings. The van der Waals surface area contributed by atoms with Crippen LogP contribution < -0.4 is 0 Å². The first-order valence-electron chi connectivity index (χ1n) is 24.6. The molecule has 0 spiro atoms. The van der Waals surface area contributed by atoms with Gasteiger partial charge in [0.15, 0.2) is 0 Å². The van der Waals surface area contributed by atoms with Crippen LogP contribution in [0.15, 0.2) is 0 Å². The topological polar surface area (TPSA) is 821 Å². The number of carbonyl (C=O) groups is 3. The molecule has 0 radical (unpaired) electrons. The van der Waals surface area contributed by atoms with Gasteiger partial charge in [-0.15, -0.1) is 18.5 Å². The fraction of sp³-hybridized carbons (Fsp3) is 0.906. The van der Waals surface area contributed by atoms with Gasteiger partial charge in [0.2, 0.25) is 5.02 Å². The van der Waals surface area contributed by atoms with Gasteiger partial charge in [-0.1, -0.05) is 13.3 Å². The van der Waals surface area contributed by atoms with Gasteiger partial charge < -0.3 is 113 Å². The average Bonchev–Trinajstić information content (AvgIpc) is 0.762. The van der Waals surface area contributed by atoms with Crippen LogP contribution in [0.1, 0.15) is 52.4 Å². The molecule has 0 heterocycles. The summed E-state index contributed by atoms with van der Waals surface area (Å²) in [5.74, 6) is -4.22. The van der Waals surface area contributed by atoms with Crippen LogP contribution in [0.4, 0.5) is 0 Å². The van der Waals surface area contributed by atoms with E-state index in [1.165, 1.54) is 4.90 Å². The van der Waals surface area contributed by atoms with Crippen molar-refractivity contribution in [1.29, 1.82) is 0 Å². The van der Waals surface area contributed by atoms with Gasteiger partial charge in [-0.2, -0.15) is 0 Å². The van der Waals surface area contributed by atoms with Crippen LogP contribution in [-0.2, 0) is 79.6 Å². The Morgan fingerprint density at radius 3 is 0.871 bits per heavy atom. The zero-order chi connectivity index (χ0) is 74.9. The number of hydrogen-bond donors (Lipinski definition) is 27. The molecule has 61 heteroatoms. The van der Waals surface area contributed by atoms with E-state index in [0.29, 0.717) is 42.3 Å². The summed E-state index contributed by atoms with van der Waals surface area (Å²) in [6, 6.07) is 0. The van der Waals surface area contributed by atoms with E-state index in [0.717, 1.165) is 4.90 Å². The standard InChI is InChI=1S/C9H28N3O9P5.C7H13O9P.C7H15O7P.C6H17NO10P2.C3H12NO9P3/c13-24(14,15)7-10(1-3-11(5-22)6-23)2-4-12(8-25(16,17)18)9-26(19,20)21;8-5(9)1-2-7(4-16-12,3-6(10)11)17(13,14)15;1-2-3-7(5-14-10,4-6(8)9)15(11,12)13;1-6(18(10,11)12,19(13,14)15)7(2-4-16-8)3-5-17-9;5-14(6,7)1-4(2-15(8,9)10)3-16(11,12)13/h1-9,22-23H2,(H2,13,14,15)(H2,16,17,18)(H2,19,20,21);12H,1-4H2,(H,8,9)(H,10,11)(H2,13,14,15);10H,2-5H2,1H3,(H,8,9)(H2,11,12,13);8-9H,2-5H2,1H3,(H2,10,11,12)(H2,13,14,15);1-3H2,(H2,5,6,7)(H2,8,9,10)(H2,11,12,13). The molecular formula is C32H85N5O44P12. The lowest BCUT2D eigenvalue weighted by molar-refractivity contribution is -0.252. The van der Waals surface area contributed by atoms with Crippen molar-refractivity contribution in [2.45, 2.75) is 67.7 Å². The molecule has 0 bridgehead atoms. The van der Waals surface area contributed by atoms with Crippen LogP contribution in [0.25, 0.3) is 0 Å². The minimum atomic E-state index is -5.26. The maximum absolute atomic E-state index is 11.4. The van der Waals surface area contributed by atoms with E-state index in [1.807, 2.05) is 4.90 Å². The largest absolute Gasteiger partial charge is 0.481 e. The Morgan fingerprint density at radius 1 is 0.376 bits per heavy atom. The van der Waals surface area contributed by atoms with Crippen LogP contribution in [0.2, 0.25) is 0 Å². The highest BCUT2D eigenvalue weighted by Gasteiger charge is 2.60. The quantitative estimate of drug-likeness (QED) is 0.0168. The third-order valence-electron chi connectivity index (χ3n) is 11.3. The number of carboxylic acids is 3. The lowest BCUT2D eigenvalue weighted by atomic mass is 9.99. The number of aliphatic carboxylic acids is 3. The first-order valence-corrected chi connectivity index (χ1v) is 43.5. The molecule has 0 aliphatic rings. The molecule has 0 aromatic rings. The molecule has 0 saturated carbocycles. The van der Waals surface area contributed by atoms with Crippen LogP contribution in [0.5, 0.6) is 0 Å². The molecule has 0 rings (SSSR count). The molecule has 0 aromatic heterocycles. The summed E-state index contributed by atoms with van der Waals surface area (Å²) in [6.45, 7) is -0.482. The lowest BCUT2D eigenvalue weighted by Crippen LogP contribution is -2.48. The highest BCUT2D eigenvalue weighted by Crippen LogP contribution is 2.70. The van der Waals surface area contributed by atoms with Crippen molar-refractivity contribution in [3.8, 4) is 0 Å². The van der Waals surface area contributed by atoms with Gasteiger partial charge in [-0.05, 0) is 19.8 Å². The first kappa shape index (κ1) is 102. The van der Waals surface area contributed by atoms with Crippen LogP contribution >= 0.6 is 94.4 Å². The Bertz CT molecular complexity index is 2580. The third kappa shape index (κ3) is 50.3.